The lowest BCUT2D eigenvalue weighted by Crippen LogP contribution is -2.07. The maximum Gasteiger partial charge on any atom is 0.248 e. The van der Waals surface area contributed by atoms with Gasteiger partial charge in [0.2, 0.25) is 5.91 Å². The van der Waals surface area contributed by atoms with Gasteiger partial charge in [-0.05, 0) is 60.0 Å². The van der Waals surface area contributed by atoms with E-state index in [0.717, 1.165) is 17.7 Å². The first-order valence-corrected chi connectivity index (χ1v) is 10.6. The molecule has 0 heterocycles. The van der Waals surface area contributed by atoms with Gasteiger partial charge in [0.1, 0.15) is 6.61 Å². The van der Waals surface area contributed by atoms with Gasteiger partial charge < -0.3 is 14.8 Å². The predicted octanol–water partition coefficient (Wildman–Crippen LogP) is 6.80. The highest BCUT2D eigenvalue weighted by atomic mass is 35.5. The molecule has 0 aliphatic rings. The fourth-order valence-corrected chi connectivity index (χ4v) is 3.41. The fraction of sp³-hybridized carbons (Fsp3) is 0.160. The third-order valence-electron chi connectivity index (χ3n) is 4.68. The van der Waals surface area contributed by atoms with E-state index in [-0.39, 0.29) is 12.5 Å². The van der Waals surface area contributed by atoms with Crippen molar-refractivity contribution in [2.75, 3.05) is 12.4 Å². The summed E-state index contributed by atoms with van der Waals surface area (Å²) in [6.07, 6.45) is 4.15. The maximum absolute atomic E-state index is 12.2. The number of amides is 1. The van der Waals surface area contributed by atoms with E-state index in [1.54, 1.807) is 43.5 Å². The summed E-state index contributed by atoms with van der Waals surface area (Å²) in [5.41, 5.74) is 3.49. The molecule has 0 unspecified atom stereocenters. The molecular weight excluding hydrogens is 433 g/mol. The third-order valence-corrected chi connectivity index (χ3v) is 5.39. The van der Waals surface area contributed by atoms with Crippen molar-refractivity contribution in [2.45, 2.75) is 20.0 Å². The zero-order valence-corrected chi connectivity index (χ0v) is 18.8. The molecular formula is C25H23Cl2NO3. The van der Waals surface area contributed by atoms with E-state index in [4.69, 9.17) is 32.7 Å². The molecule has 160 valence electrons. The van der Waals surface area contributed by atoms with Crippen LogP contribution in [0.15, 0.2) is 66.7 Å². The number of nitrogens with one attached hydrogen (secondary N) is 1. The molecule has 6 heteroatoms. The van der Waals surface area contributed by atoms with Gasteiger partial charge >= 0.3 is 0 Å². The number of halogens is 2. The zero-order valence-electron chi connectivity index (χ0n) is 17.3. The van der Waals surface area contributed by atoms with Crippen LogP contribution in [0.25, 0.3) is 6.08 Å². The number of hydrogen-bond donors (Lipinski definition) is 1. The van der Waals surface area contributed by atoms with Gasteiger partial charge in [-0.1, -0.05) is 54.4 Å². The molecule has 0 radical (unpaired) electrons. The summed E-state index contributed by atoms with van der Waals surface area (Å²) >= 11 is 12.4. The molecule has 1 N–H and O–H groups in total. The Morgan fingerprint density at radius 3 is 2.35 bits per heavy atom. The Morgan fingerprint density at radius 1 is 1.00 bits per heavy atom. The fourth-order valence-electron chi connectivity index (χ4n) is 2.91. The van der Waals surface area contributed by atoms with Crippen LogP contribution in [0.4, 0.5) is 5.69 Å². The SMILES string of the molecule is CCc1ccc(NC(=O)/C=C/c2ccc(OCc3c(Cl)cccc3Cl)c(OC)c2)cc1. The standard InChI is InChI=1S/C25H23Cl2NO3/c1-3-17-7-11-19(12-8-17)28-25(29)14-10-18-9-13-23(24(15-18)30-2)31-16-20-21(26)5-4-6-22(20)27/h4-15H,3,16H2,1-2H3,(H,28,29)/b14-10+. The predicted molar refractivity (Wildman–Crippen MR) is 127 cm³/mol. The summed E-state index contributed by atoms with van der Waals surface area (Å²) in [6.45, 7) is 2.30. The number of carbonyl (C=O) groups excluding carboxylic acids is 1. The van der Waals surface area contributed by atoms with Crippen LogP contribution in [-0.2, 0) is 17.8 Å². The molecule has 3 aromatic carbocycles. The summed E-state index contributed by atoms with van der Waals surface area (Å²) in [5.74, 6) is 0.883. The number of anilines is 1. The highest BCUT2D eigenvalue weighted by molar-refractivity contribution is 6.35. The molecule has 0 spiro atoms. The molecule has 3 rings (SSSR count). The molecule has 0 aliphatic heterocycles. The largest absolute Gasteiger partial charge is 0.493 e. The first kappa shape index (κ1) is 22.7. The van der Waals surface area contributed by atoms with Crippen molar-refractivity contribution in [3.63, 3.8) is 0 Å². The summed E-state index contributed by atoms with van der Waals surface area (Å²) in [4.78, 5) is 12.2. The Morgan fingerprint density at radius 2 is 1.71 bits per heavy atom. The Hall–Kier alpha value is -2.95. The minimum Gasteiger partial charge on any atom is -0.493 e. The Kier molecular flexibility index (Phi) is 7.99. The Bertz CT molecular complexity index is 1060. The number of rotatable bonds is 8. The molecule has 0 bridgehead atoms. The van der Waals surface area contributed by atoms with Crippen LogP contribution in [0.1, 0.15) is 23.6 Å². The molecule has 3 aromatic rings. The molecule has 0 saturated heterocycles. The molecule has 0 saturated carbocycles. The number of methoxy groups -OCH3 is 1. The summed E-state index contributed by atoms with van der Waals surface area (Å²) in [6, 6.07) is 18.5. The minimum atomic E-state index is -0.211. The van der Waals surface area contributed by atoms with Crippen molar-refractivity contribution < 1.29 is 14.3 Å². The lowest BCUT2D eigenvalue weighted by molar-refractivity contribution is -0.111. The number of benzene rings is 3. The van der Waals surface area contributed by atoms with Crippen molar-refractivity contribution >= 4 is 40.9 Å². The van der Waals surface area contributed by atoms with E-state index in [0.29, 0.717) is 27.1 Å². The van der Waals surface area contributed by atoms with Crippen LogP contribution in [0.5, 0.6) is 11.5 Å². The van der Waals surface area contributed by atoms with Crippen LogP contribution >= 0.6 is 23.2 Å². The van der Waals surface area contributed by atoms with Gasteiger partial charge in [0.05, 0.1) is 7.11 Å². The van der Waals surface area contributed by atoms with Gasteiger partial charge in [-0.15, -0.1) is 0 Å². The monoisotopic (exact) mass is 455 g/mol. The number of carbonyl (C=O) groups is 1. The van der Waals surface area contributed by atoms with Crippen LogP contribution in [0, 0.1) is 0 Å². The molecule has 0 fully saturated rings. The second-order valence-electron chi connectivity index (χ2n) is 6.77. The first-order valence-electron chi connectivity index (χ1n) is 9.82. The van der Waals surface area contributed by atoms with Crippen LogP contribution < -0.4 is 14.8 Å². The van der Waals surface area contributed by atoms with E-state index < -0.39 is 0 Å². The molecule has 1 amide bonds. The first-order chi connectivity index (χ1) is 15.0. The van der Waals surface area contributed by atoms with Crippen molar-refractivity contribution in [3.8, 4) is 11.5 Å². The van der Waals surface area contributed by atoms with Gasteiger partial charge in [0.15, 0.2) is 11.5 Å². The number of ether oxygens (including phenoxy) is 2. The van der Waals surface area contributed by atoms with Gasteiger partial charge in [-0.3, -0.25) is 4.79 Å². The summed E-state index contributed by atoms with van der Waals surface area (Å²) < 4.78 is 11.3. The smallest absolute Gasteiger partial charge is 0.248 e. The molecule has 31 heavy (non-hydrogen) atoms. The van der Waals surface area contributed by atoms with E-state index in [2.05, 4.69) is 12.2 Å². The van der Waals surface area contributed by atoms with Crippen molar-refractivity contribution in [2.24, 2.45) is 0 Å². The highest BCUT2D eigenvalue weighted by Gasteiger charge is 2.10. The highest BCUT2D eigenvalue weighted by Crippen LogP contribution is 2.31. The van der Waals surface area contributed by atoms with Gasteiger partial charge in [0, 0.05) is 27.4 Å². The molecule has 0 aliphatic carbocycles. The van der Waals surface area contributed by atoms with E-state index >= 15 is 0 Å². The third kappa shape index (κ3) is 6.27. The maximum atomic E-state index is 12.2. The normalized spacial score (nSPS) is 10.8. The van der Waals surface area contributed by atoms with Crippen molar-refractivity contribution in [1.82, 2.24) is 0 Å². The molecule has 0 aromatic heterocycles. The zero-order chi connectivity index (χ0) is 22.2. The second kappa shape index (κ2) is 10.9. The summed E-state index contributed by atoms with van der Waals surface area (Å²) in [7, 11) is 1.56. The van der Waals surface area contributed by atoms with E-state index in [9.17, 15) is 4.79 Å². The van der Waals surface area contributed by atoms with Crippen LogP contribution in [0.3, 0.4) is 0 Å². The number of hydrogen-bond acceptors (Lipinski definition) is 3. The van der Waals surface area contributed by atoms with Gasteiger partial charge in [-0.25, -0.2) is 0 Å². The van der Waals surface area contributed by atoms with Crippen LogP contribution in [0.2, 0.25) is 10.0 Å². The average molecular weight is 456 g/mol. The Labute approximate surface area is 192 Å². The molecule has 4 nitrogen and oxygen atoms in total. The van der Waals surface area contributed by atoms with Crippen molar-refractivity contribution in [1.29, 1.82) is 0 Å². The van der Waals surface area contributed by atoms with Gasteiger partial charge in [0.25, 0.3) is 0 Å². The summed E-state index contributed by atoms with van der Waals surface area (Å²) in [5, 5.41) is 3.93. The average Bonchev–Trinajstić information content (AvgIpc) is 2.78. The van der Waals surface area contributed by atoms with E-state index in [1.807, 2.05) is 30.3 Å². The molecule has 0 atom stereocenters. The van der Waals surface area contributed by atoms with Gasteiger partial charge in [-0.2, -0.15) is 0 Å². The number of aryl methyl sites for hydroxylation is 1. The minimum absolute atomic E-state index is 0.211. The Balaban J connectivity index is 1.65. The lowest BCUT2D eigenvalue weighted by atomic mass is 10.1. The topological polar surface area (TPSA) is 47.6 Å². The quantitative estimate of drug-likeness (QED) is 0.380. The van der Waals surface area contributed by atoms with Crippen LogP contribution in [-0.4, -0.2) is 13.0 Å². The lowest BCUT2D eigenvalue weighted by Gasteiger charge is -2.13. The van der Waals surface area contributed by atoms with Crippen molar-refractivity contribution in [3.05, 3.63) is 93.5 Å². The second-order valence-corrected chi connectivity index (χ2v) is 7.59. The van der Waals surface area contributed by atoms with E-state index in [1.165, 1.54) is 11.6 Å².